The van der Waals surface area contributed by atoms with E-state index < -0.39 is 12.3 Å². The summed E-state index contributed by atoms with van der Waals surface area (Å²) in [7, 11) is 3.97. The van der Waals surface area contributed by atoms with Gasteiger partial charge in [0, 0.05) is 36.4 Å². The molecule has 0 bridgehead atoms. The molecule has 3 aromatic carbocycles. The van der Waals surface area contributed by atoms with Crippen molar-refractivity contribution in [3.63, 3.8) is 0 Å². The van der Waals surface area contributed by atoms with Gasteiger partial charge in [0.1, 0.15) is 5.82 Å². The normalized spacial score (nSPS) is 15.2. The van der Waals surface area contributed by atoms with Crippen molar-refractivity contribution in [2.24, 2.45) is 5.92 Å². The Kier molecular flexibility index (Phi) is 8.54. The molecule has 1 saturated carbocycles. The van der Waals surface area contributed by atoms with E-state index in [1.165, 1.54) is 36.1 Å². The summed E-state index contributed by atoms with van der Waals surface area (Å²) < 4.78 is 23.9. The number of amides is 1. The zero-order valence-corrected chi connectivity index (χ0v) is 22.8. The van der Waals surface area contributed by atoms with Crippen molar-refractivity contribution in [3.8, 4) is 11.1 Å². The number of hydrogen-bond acceptors (Lipinski definition) is 3. The first-order chi connectivity index (χ1) is 18.6. The molecule has 0 heterocycles. The minimum absolute atomic E-state index is 0.169. The molecule has 1 fully saturated rings. The van der Waals surface area contributed by atoms with Crippen LogP contribution in [0.2, 0.25) is 5.02 Å². The van der Waals surface area contributed by atoms with Gasteiger partial charge < -0.3 is 9.80 Å². The van der Waals surface area contributed by atoms with Gasteiger partial charge in [-0.3, -0.25) is 9.59 Å². The fraction of sp³-hybridized carbons (Fsp3) is 0.312. The molecule has 0 aliphatic heterocycles. The maximum Gasteiger partial charge on any atom is 0.230 e. The topological polar surface area (TPSA) is 40.6 Å². The van der Waals surface area contributed by atoms with E-state index in [0.29, 0.717) is 16.1 Å². The Bertz CT molecular complexity index is 1370. The second-order valence-corrected chi connectivity index (χ2v) is 10.4. The first kappa shape index (κ1) is 26.2. The highest BCUT2D eigenvalue weighted by Gasteiger charge is 2.28. The van der Waals surface area contributed by atoms with E-state index in [0.717, 1.165) is 48.9 Å². The van der Waals surface area contributed by atoms with Crippen molar-refractivity contribution in [3.05, 3.63) is 88.7 Å². The van der Waals surface area contributed by atoms with Crippen LogP contribution in [-0.4, -0.2) is 25.8 Å². The van der Waals surface area contributed by atoms with E-state index in [-0.39, 0.29) is 23.3 Å². The molecule has 1 aliphatic carbocycles. The molecule has 0 radical (unpaired) electrons. The second kappa shape index (κ2) is 12.4. The van der Waals surface area contributed by atoms with Gasteiger partial charge in [-0.05, 0) is 84.5 Å². The van der Waals surface area contributed by atoms with Crippen LogP contribution in [0.1, 0.15) is 51.5 Å². The van der Waals surface area contributed by atoms with Crippen molar-refractivity contribution in [1.82, 2.24) is 0 Å². The largest absolute Gasteiger partial charge is 0.378 e. The molecule has 1 aliphatic rings. The van der Waals surface area contributed by atoms with Gasteiger partial charge in [-0.25, -0.2) is 4.39 Å². The molecule has 1 atom stereocenters. The van der Waals surface area contributed by atoms with Crippen LogP contribution in [0.4, 0.5) is 15.8 Å². The van der Waals surface area contributed by atoms with Gasteiger partial charge in [0.2, 0.25) is 5.91 Å². The SMILES string of the molecule is [2H]C(c1ccc(-c2ccc(N(C)C)cc2)cc1Cl)N(C(=O)C1CCCCC1)c1cc(F)cc(/C=C/C(C)=O)c1. The van der Waals surface area contributed by atoms with Gasteiger partial charge in [0.15, 0.2) is 5.78 Å². The summed E-state index contributed by atoms with van der Waals surface area (Å²) in [6, 6.07) is 17.7. The van der Waals surface area contributed by atoms with Crippen molar-refractivity contribution < 1.29 is 15.4 Å². The van der Waals surface area contributed by atoms with Gasteiger partial charge in [0.25, 0.3) is 0 Å². The molecule has 0 spiro atoms. The summed E-state index contributed by atoms with van der Waals surface area (Å²) in [5.41, 5.74) is 4.13. The first-order valence-electron chi connectivity index (χ1n) is 13.5. The Morgan fingerprint density at radius 1 is 0.974 bits per heavy atom. The molecule has 1 unspecified atom stereocenters. The first-order valence-corrected chi connectivity index (χ1v) is 13.3. The number of rotatable bonds is 8. The van der Waals surface area contributed by atoms with Crippen LogP contribution >= 0.6 is 11.6 Å². The molecule has 0 saturated heterocycles. The minimum atomic E-state index is -1.18. The third kappa shape index (κ3) is 6.90. The lowest BCUT2D eigenvalue weighted by Gasteiger charge is -2.30. The third-order valence-electron chi connectivity index (χ3n) is 6.87. The quantitative estimate of drug-likeness (QED) is 0.276. The van der Waals surface area contributed by atoms with Crippen LogP contribution in [0.5, 0.6) is 0 Å². The van der Waals surface area contributed by atoms with Gasteiger partial charge in [-0.2, -0.15) is 0 Å². The Hall–Kier alpha value is -3.44. The van der Waals surface area contributed by atoms with Gasteiger partial charge >= 0.3 is 0 Å². The Morgan fingerprint density at radius 3 is 2.29 bits per heavy atom. The highest BCUT2D eigenvalue weighted by Crippen LogP contribution is 2.33. The molecule has 198 valence electrons. The summed E-state index contributed by atoms with van der Waals surface area (Å²) in [6.45, 7) is 0.237. The molecule has 38 heavy (non-hydrogen) atoms. The average molecular weight is 534 g/mol. The number of hydrogen-bond donors (Lipinski definition) is 0. The number of benzene rings is 3. The molecule has 6 heteroatoms. The van der Waals surface area contributed by atoms with E-state index in [4.69, 9.17) is 11.6 Å². The van der Waals surface area contributed by atoms with Crippen molar-refractivity contribution >= 4 is 40.7 Å². The molecule has 0 N–H and O–H groups in total. The fourth-order valence-electron chi connectivity index (χ4n) is 4.76. The third-order valence-corrected chi connectivity index (χ3v) is 7.20. The molecular weight excluding hydrogens is 499 g/mol. The van der Waals surface area contributed by atoms with Gasteiger partial charge in [-0.15, -0.1) is 0 Å². The van der Waals surface area contributed by atoms with E-state index >= 15 is 0 Å². The number of carbonyl (C=O) groups excluding carboxylic acids is 2. The Balaban J connectivity index is 1.72. The average Bonchev–Trinajstić information content (AvgIpc) is 2.92. The molecule has 4 nitrogen and oxygen atoms in total. The summed E-state index contributed by atoms with van der Waals surface area (Å²) in [5, 5.41) is 0.360. The van der Waals surface area contributed by atoms with Crippen LogP contribution in [0, 0.1) is 11.7 Å². The summed E-state index contributed by atoms with van der Waals surface area (Å²) in [4.78, 5) is 28.7. The number of ketones is 1. The Morgan fingerprint density at radius 2 is 1.66 bits per heavy atom. The summed E-state index contributed by atoms with van der Waals surface area (Å²) in [5.74, 6) is -1.16. The second-order valence-electron chi connectivity index (χ2n) is 10.0. The maximum atomic E-state index is 14.7. The molecule has 4 rings (SSSR count). The predicted molar refractivity (Wildman–Crippen MR) is 155 cm³/mol. The smallest absolute Gasteiger partial charge is 0.230 e. The van der Waals surface area contributed by atoms with Gasteiger partial charge in [-0.1, -0.05) is 61.2 Å². The standard InChI is InChI=1S/C32H34ClFN2O2/c1-22(37)9-10-23-17-28(34)20-30(18-23)36(32(38)25-7-5-4-6-8-25)21-27-12-11-26(19-31(27)33)24-13-15-29(16-14-24)35(2)3/h9-20,25H,4-8,21H2,1-3H3/b10-9+/i21D. The van der Waals surface area contributed by atoms with Gasteiger partial charge in [0.05, 0.1) is 7.89 Å². The lowest BCUT2D eigenvalue weighted by Crippen LogP contribution is -2.37. The molecule has 1 amide bonds. The fourth-order valence-corrected chi connectivity index (χ4v) is 4.99. The number of carbonyl (C=O) groups is 2. The van der Waals surface area contributed by atoms with Crippen molar-refractivity contribution in [2.45, 2.75) is 45.5 Å². The highest BCUT2D eigenvalue weighted by atomic mass is 35.5. The van der Waals surface area contributed by atoms with Crippen LogP contribution in [-0.2, 0) is 16.1 Å². The van der Waals surface area contributed by atoms with E-state index in [1.54, 1.807) is 18.2 Å². The predicted octanol–water partition coefficient (Wildman–Crippen LogP) is 7.93. The molecule has 3 aromatic rings. The number of anilines is 2. The molecular formula is C32H34ClFN2O2. The zero-order valence-electron chi connectivity index (χ0n) is 23.1. The van der Waals surface area contributed by atoms with Crippen LogP contribution in [0.3, 0.4) is 0 Å². The zero-order chi connectivity index (χ0) is 28.1. The minimum Gasteiger partial charge on any atom is -0.378 e. The highest BCUT2D eigenvalue weighted by molar-refractivity contribution is 6.31. The lowest BCUT2D eigenvalue weighted by atomic mass is 9.88. The van der Waals surface area contributed by atoms with Crippen LogP contribution < -0.4 is 9.80 Å². The monoisotopic (exact) mass is 533 g/mol. The van der Waals surface area contributed by atoms with E-state index in [2.05, 4.69) is 0 Å². The van der Waals surface area contributed by atoms with E-state index in [1.807, 2.05) is 49.3 Å². The van der Waals surface area contributed by atoms with Crippen molar-refractivity contribution in [2.75, 3.05) is 23.9 Å². The van der Waals surface area contributed by atoms with Crippen LogP contribution in [0.15, 0.2) is 66.7 Å². The van der Waals surface area contributed by atoms with E-state index in [9.17, 15) is 15.4 Å². The van der Waals surface area contributed by atoms with Crippen molar-refractivity contribution in [1.29, 1.82) is 0 Å². The summed E-state index contributed by atoms with van der Waals surface area (Å²) >= 11 is 6.74. The number of nitrogens with zero attached hydrogens (tertiary/aromatic N) is 2. The number of allylic oxidation sites excluding steroid dienone is 1. The maximum absolute atomic E-state index is 14.7. The van der Waals surface area contributed by atoms with Crippen LogP contribution in [0.25, 0.3) is 17.2 Å². The molecule has 0 aromatic heterocycles. The Labute approximate surface area is 231 Å². The summed E-state index contributed by atoms with van der Waals surface area (Å²) in [6.07, 6.45) is 7.33. The number of halogens is 2. The lowest BCUT2D eigenvalue weighted by molar-refractivity contribution is -0.123.